The third-order valence-electron chi connectivity index (χ3n) is 2.01. The third-order valence-corrected chi connectivity index (χ3v) is 3.30. The van der Waals surface area contributed by atoms with Crippen LogP contribution in [0.15, 0.2) is 30.3 Å². The van der Waals surface area contributed by atoms with Crippen molar-refractivity contribution in [3.8, 4) is 0 Å². The van der Waals surface area contributed by atoms with Crippen LogP contribution in [0.3, 0.4) is 0 Å². The summed E-state index contributed by atoms with van der Waals surface area (Å²) in [5.74, 6) is 0.411. The molecule has 0 aliphatic carbocycles. The minimum atomic E-state index is 0.186. The van der Waals surface area contributed by atoms with E-state index in [1.807, 2.05) is 18.2 Å². The van der Waals surface area contributed by atoms with Crippen LogP contribution in [0, 0.1) is 0 Å². The van der Waals surface area contributed by atoms with Crippen LogP contribution in [-0.4, -0.2) is 4.98 Å². The number of para-hydroxylation sites is 1. The third kappa shape index (κ3) is 2.96. The molecule has 0 spiro atoms. The van der Waals surface area contributed by atoms with Gasteiger partial charge in [0.15, 0.2) is 5.82 Å². The lowest BCUT2D eigenvalue weighted by Crippen LogP contribution is -1.95. The molecule has 0 radical (unpaired) electrons. The van der Waals surface area contributed by atoms with E-state index in [2.05, 4.69) is 10.3 Å². The molecule has 2 rings (SSSR count). The van der Waals surface area contributed by atoms with Crippen molar-refractivity contribution < 1.29 is 0 Å². The van der Waals surface area contributed by atoms with Crippen LogP contribution in [0.1, 0.15) is 0 Å². The van der Waals surface area contributed by atoms with Gasteiger partial charge in [0.2, 0.25) is 0 Å². The molecule has 0 saturated carbocycles. The van der Waals surface area contributed by atoms with E-state index in [0.29, 0.717) is 26.6 Å². The zero-order valence-electron chi connectivity index (χ0n) is 8.35. The lowest BCUT2D eigenvalue weighted by atomic mass is 10.3. The van der Waals surface area contributed by atoms with Gasteiger partial charge in [-0.2, -0.15) is 0 Å². The number of rotatable bonds is 2. The van der Waals surface area contributed by atoms with Crippen LogP contribution in [0.5, 0.6) is 0 Å². The first-order chi connectivity index (χ1) is 8.08. The van der Waals surface area contributed by atoms with E-state index in [-0.39, 0.29) is 5.15 Å². The highest BCUT2D eigenvalue weighted by Gasteiger charge is 2.09. The van der Waals surface area contributed by atoms with Gasteiger partial charge >= 0.3 is 0 Å². The molecule has 0 amide bonds. The standard InChI is InChI=1S/C11H6Cl4N2/c12-6-3-1-2-4-9(6)16-11-8(14)5-7(13)10(15)17-11/h1-5H,(H,16,17). The number of nitrogens with one attached hydrogen (secondary N) is 1. The maximum Gasteiger partial charge on any atom is 0.151 e. The van der Waals surface area contributed by atoms with Gasteiger partial charge in [0.25, 0.3) is 0 Å². The van der Waals surface area contributed by atoms with E-state index in [0.717, 1.165) is 0 Å². The van der Waals surface area contributed by atoms with E-state index in [4.69, 9.17) is 46.4 Å². The molecule has 88 valence electrons. The molecule has 1 heterocycles. The molecule has 1 aromatic heterocycles. The van der Waals surface area contributed by atoms with Crippen molar-refractivity contribution >= 4 is 57.9 Å². The van der Waals surface area contributed by atoms with Crippen LogP contribution in [0.4, 0.5) is 11.5 Å². The van der Waals surface area contributed by atoms with E-state index in [9.17, 15) is 0 Å². The maximum atomic E-state index is 6.01. The Morgan fingerprint density at radius 3 is 2.29 bits per heavy atom. The summed E-state index contributed by atoms with van der Waals surface area (Å²) in [6.07, 6.45) is 0. The number of hydrogen-bond acceptors (Lipinski definition) is 2. The number of nitrogens with zero attached hydrogens (tertiary/aromatic N) is 1. The molecule has 2 nitrogen and oxygen atoms in total. The van der Waals surface area contributed by atoms with Crippen molar-refractivity contribution in [2.45, 2.75) is 0 Å². The summed E-state index contributed by atoms with van der Waals surface area (Å²) in [6, 6.07) is 8.77. The first-order valence-electron chi connectivity index (χ1n) is 4.61. The second-order valence-electron chi connectivity index (χ2n) is 3.20. The molecule has 0 atom stereocenters. The van der Waals surface area contributed by atoms with Gasteiger partial charge in [0.05, 0.1) is 20.8 Å². The topological polar surface area (TPSA) is 24.9 Å². The average molecular weight is 308 g/mol. The fourth-order valence-corrected chi connectivity index (χ4v) is 1.95. The molecule has 17 heavy (non-hydrogen) atoms. The van der Waals surface area contributed by atoms with E-state index in [1.54, 1.807) is 6.07 Å². The summed E-state index contributed by atoms with van der Waals surface area (Å²) >= 11 is 23.6. The van der Waals surface area contributed by atoms with E-state index >= 15 is 0 Å². The van der Waals surface area contributed by atoms with Crippen molar-refractivity contribution in [3.63, 3.8) is 0 Å². The Balaban J connectivity index is 2.37. The summed E-state index contributed by atoms with van der Waals surface area (Å²) in [4.78, 5) is 4.04. The minimum absolute atomic E-state index is 0.186. The number of anilines is 2. The van der Waals surface area contributed by atoms with E-state index < -0.39 is 0 Å². The second-order valence-corrected chi connectivity index (χ2v) is 4.78. The molecular formula is C11H6Cl4N2. The van der Waals surface area contributed by atoms with Gasteiger partial charge in [-0.05, 0) is 18.2 Å². The number of hydrogen-bond donors (Lipinski definition) is 1. The SMILES string of the molecule is Clc1ccccc1Nc1nc(Cl)c(Cl)cc1Cl. The minimum Gasteiger partial charge on any atom is -0.338 e. The predicted octanol–water partition coefficient (Wildman–Crippen LogP) is 5.44. The van der Waals surface area contributed by atoms with E-state index in [1.165, 1.54) is 6.07 Å². The molecular weight excluding hydrogens is 302 g/mol. The molecule has 0 bridgehead atoms. The number of benzene rings is 1. The summed E-state index contributed by atoms with van der Waals surface area (Å²) in [5, 5.41) is 4.42. The molecule has 0 unspecified atom stereocenters. The molecule has 1 aromatic carbocycles. The largest absolute Gasteiger partial charge is 0.338 e. The normalized spacial score (nSPS) is 10.4. The summed E-state index contributed by atoms with van der Waals surface area (Å²) in [5.41, 5.74) is 0.696. The highest BCUT2D eigenvalue weighted by atomic mass is 35.5. The number of pyridine rings is 1. The maximum absolute atomic E-state index is 6.01. The molecule has 6 heteroatoms. The monoisotopic (exact) mass is 306 g/mol. The lowest BCUT2D eigenvalue weighted by Gasteiger charge is -2.09. The molecule has 0 fully saturated rings. The van der Waals surface area contributed by atoms with Gasteiger partial charge < -0.3 is 5.32 Å². The number of aromatic nitrogens is 1. The molecule has 1 N–H and O–H groups in total. The first kappa shape index (κ1) is 12.8. The Morgan fingerprint density at radius 1 is 0.882 bits per heavy atom. The molecule has 0 saturated heterocycles. The Morgan fingerprint density at radius 2 is 1.59 bits per heavy atom. The van der Waals surface area contributed by atoms with Crippen molar-refractivity contribution in [2.75, 3.05) is 5.32 Å². The van der Waals surface area contributed by atoms with Crippen LogP contribution < -0.4 is 5.32 Å². The summed E-state index contributed by atoms with van der Waals surface area (Å²) in [6.45, 7) is 0. The van der Waals surface area contributed by atoms with Crippen molar-refractivity contribution in [3.05, 3.63) is 50.6 Å². The van der Waals surface area contributed by atoms with Crippen molar-refractivity contribution in [1.29, 1.82) is 0 Å². The Bertz CT molecular complexity index is 557. The van der Waals surface area contributed by atoms with Crippen LogP contribution in [0.2, 0.25) is 20.2 Å². The molecule has 0 aliphatic rings. The van der Waals surface area contributed by atoms with Gasteiger partial charge in [-0.1, -0.05) is 58.5 Å². The number of halogens is 4. The van der Waals surface area contributed by atoms with Crippen LogP contribution in [-0.2, 0) is 0 Å². The highest BCUT2D eigenvalue weighted by Crippen LogP contribution is 2.32. The zero-order valence-corrected chi connectivity index (χ0v) is 11.4. The highest BCUT2D eigenvalue weighted by molar-refractivity contribution is 6.43. The molecule has 0 aliphatic heterocycles. The Labute approximate surface area is 118 Å². The van der Waals surface area contributed by atoms with Crippen LogP contribution in [0.25, 0.3) is 0 Å². The zero-order chi connectivity index (χ0) is 12.4. The summed E-state index contributed by atoms with van der Waals surface area (Å²) in [7, 11) is 0. The fraction of sp³-hybridized carbons (Fsp3) is 0. The average Bonchev–Trinajstić information content (AvgIpc) is 2.29. The molecule has 2 aromatic rings. The smallest absolute Gasteiger partial charge is 0.151 e. The van der Waals surface area contributed by atoms with Gasteiger partial charge in [0.1, 0.15) is 5.15 Å². The predicted molar refractivity (Wildman–Crippen MR) is 74.0 cm³/mol. The van der Waals surface area contributed by atoms with Crippen LogP contribution >= 0.6 is 46.4 Å². The van der Waals surface area contributed by atoms with Crippen molar-refractivity contribution in [1.82, 2.24) is 4.98 Å². The van der Waals surface area contributed by atoms with Gasteiger partial charge in [-0.25, -0.2) is 4.98 Å². The first-order valence-corrected chi connectivity index (χ1v) is 6.12. The Kier molecular flexibility index (Phi) is 4.00. The van der Waals surface area contributed by atoms with Gasteiger partial charge in [0, 0.05) is 0 Å². The fourth-order valence-electron chi connectivity index (χ4n) is 1.22. The Hall–Kier alpha value is -0.670. The summed E-state index contributed by atoms with van der Waals surface area (Å²) < 4.78 is 0. The van der Waals surface area contributed by atoms with Crippen molar-refractivity contribution in [2.24, 2.45) is 0 Å². The lowest BCUT2D eigenvalue weighted by molar-refractivity contribution is 1.31. The second kappa shape index (κ2) is 5.32. The van der Waals surface area contributed by atoms with Gasteiger partial charge in [-0.3, -0.25) is 0 Å². The van der Waals surface area contributed by atoms with Gasteiger partial charge in [-0.15, -0.1) is 0 Å². The quantitative estimate of drug-likeness (QED) is 0.747.